The molecule has 5 N–H and O–H groups in total. The van der Waals surface area contributed by atoms with Crippen molar-refractivity contribution in [1.82, 2.24) is 16.0 Å². The van der Waals surface area contributed by atoms with Crippen LogP contribution in [0.2, 0.25) is 0 Å². The van der Waals surface area contributed by atoms with Crippen LogP contribution >= 0.6 is 0 Å². The third-order valence-corrected chi connectivity index (χ3v) is 2.42. The van der Waals surface area contributed by atoms with E-state index in [4.69, 9.17) is 5.73 Å². The highest BCUT2D eigenvalue weighted by Gasteiger charge is 1.92. The van der Waals surface area contributed by atoms with Crippen LogP contribution in [0.3, 0.4) is 0 Å². The summed E-state index contributed by atoms with van der Waals surface area (Å²) in [6.45, 7) is 7.21. The Morgan fingerprint density at radius 2 is 1.41 bits per heavy atom. The topological polar surface area (TPSA) is 79.2 Å². The molecule has 0 spiro atoms. The van der Waals surface area contributed by atoms with Gasteiger partial charge >= 0.3 is 0 Å². The van der Waals surface area contributed by atoms with Gasteiger partial charge < -0.3 is 21.7 Å². The maximum atomic E-state index is 10.6. The van der Waals surface area contributed by atoms with Gasteiger partial charge in [-0.05, 0) is 58.4 Å². The Morgan fingerprint density at radius 3 is 1.94 bits per heavy atom. The van der Waals surface area contributed by atoms with Gasteiger partial charge in [-0.2, -0.15) is 0 Å². The number of carbonyl (C=O) groups excluding carboxylic acids is 1. The second kappa shape index (κ2) is 13.4. The molecule has 0 heterocycles. The Labute approximate surface area is 105 Å². The summed E-state index contributed by atoms with van der Waals surface area (Å²) >= 11 is 0. The van der Waals surface area contributed by atoms with Crippen molar-refractivity contribution in [2.24, 2.45) is 5.73 Å². The zero-order valence-electron chi connectivity index (χ0n) is 11.1. The van der Waals surface area contributed by atoms with Gasteiger partial charge in [0, 0.05) is 13.5 Å². The Balaban J connectivity index is 2.91. The molecule has 0 aromatic heterocycles. The van der Waals surface area contributed by atoms with Crippen LogP contribution in [0.4, 0.5) is 0 Å². The van der Waals surface area contributed by atoms with E-state index in [1.54, 1.807) is 6.92 Å². The Bertz CT molecular complexity index is 176. The molecular weight excluding hydrogens is 216 g/mol. The molecule has 0 aliphatic heterocycles. The molecule has 5 nitrogen and oxygen atoms in total. The van der Waals surface area contributed by atoms with E-state index in [1.165, 1.54) is 12.8 Å². The van der Waals surface area contributed by atoms with Crippen LogP contribution in [0.25, 0.3) is 0 Å². The normalized spacial score (nSPS) is 10.5. The van der Waals surface area contributed by atoms with Crippen LogP contribution in [0, 0.1) is 0 Å². The van der Waals surface area contributed by atoms with E-state index in [9.17, 15) is 4.79 Å². The van der Waals surface area contributed by atoms with E-state index in [0.29, 0.717) is 0 Å². The Kier molecular flexibility index (Phi) is 12.9. The van der Waals surface area contributed by atoms with Gasteiger partial charge in [-0.25, -0.2) is 0 Å². The molecule has 0 aromatic rings. The first-order valence-corrected chi connectivity index (χ1v) is 6.63. The summed E-state index contributed by atoms with van der Waals surface area (Å²) in [5.74, 6) is 0.0496. The van der Waals surface area contributed by atoms with E-state index in [0.717, 1.165) is 52.1 Å². The third-order valence-electron chi connectivity index (χ3n) is 2.42. The molecule has 0 aliphatic carbocycles. The number of rotatable bonds is 12. The van der Waals surface area contributed by atoms with Crippen LogP contribution in [-0.4, -0.2) is 45.2 Å². The Morgan fingerprint density at radius 1 is 0.882 bits per heavy atom. The zero-order chi connectivity index (χ0) is 12.8. The van der Waals surface area contributed by atoms with Gasteiger partial charge in [-0.15, -0.1) is 0 Å². The number of nitrogens with one attached hydrogen (secondary N) is 3. The van der Waals surface area contributed by atoms with Crippen LogP contribution < -0.4 is 21.7 Å². The highest BCUT2D eigenvalue weighted by Crippen LogP contribution is 1.85. The van der Waals surface area contributed by atoms with E-state index in [1.807, 2.05) is 0 Å². The molecule has 0 aromatic carbocycles. The molecule has 0 saturated carbocycles. The lowest BCUT2D eigenvalue weighted by molar-refractivity contribution is -0.118. The molecule has 0 saturated heterocycles. The maximum Gasteiger partial charge on any atom is 0.216 e. The zero-order valence-corrected chi connectivity index (χ0v) is 11.1. The predicted molar refractivity (Wildman–Crippen MR) is 71.9 cm³/mol. The fourth-order valence-electron chi connectivity index (χ4n) is 1.45. The molecule has 0 fully saturated rings. The summed E-state index contributed by atoms with van der Waals surface area (Å²) in [6, 6.07) is 0. The van der Waals surface area contributed by atoms with Crippen LogP contribution in [-0.2, 0) is 4.79 Å². The predicted octanol–water partition coefficient (Wildman–Crippen LogP) is -0.179. The minimum absolute atomic E-state index is 0.0496. The van der Waals surface area contributed by atoms with Crippen LogP contribution in [0.15, 0.2) is 0 Å². The number of unbranched alkanes of at least 4 members (excludes halogenated alkanes) is 1. The lowest BCUT2D eigenvalue weighted by Gasteiger charge is -2.06. The van der Waals surface area contributed by atoms with Crippen LogP contribution in [0.1, 0.15) is 32.6 Å². The number of hydrogen-bond donors (Lipinski definition) is 4. The first-order chi connectivity index (χ1) is 8.27. The van der Waals surface area contributed by atoms with Crippen molar-refractivity contribution in [3.05, 3.63) is 0 Å². The summed E-state index contributed by atoms with van der Waals surface area (Å²) in [6.07, 6.45) is 4.44. The molecule has 102 valence electrons. The molecule has 17 heavy (non-hydrogen) atoms. The quantitative estimate of drug-likeness (QED) is 0.359. The highest BCUT2D eigenvalue weighted by molar-refractivity contribution is 5.72. The van der Waals surface area contributed by atoms with Crippen molar-refractivity contribution in [1.29, 1.82) is 0 Å². The first kappa shape index (κ1) is 16.4. The van der Waals surface area contributed by atoms with Gasteiger partial charge in [0.25, 0.3) is 0 Å². The maximum absolute atomic E-state index is 10.6. The average molecular weight is 244 g/mol. The van der Waals surface area contributed by atoms with Crippen molar-refractivity contribution < 1.29 is 4.79 Å². The summed E-state index contributed by atoms with van der Waals surface area (Å²) in [5, 5.41) is 9.49. The number of amides is 1. The van der Waals surface area contributed by atoms with Gasteiger partial charge in [0.15, 0.2) is 0 Å². The molecule has 1 amide bonds. The summed E-state index contributed by atoms with van der Waals surface area (Å²) in [4.78, 5) is 10.6. The van der Waals surface area contributed by atoms with Crippen molar-refractivity contribution in [2.75, 3.05) is 39.3 Å². The molecule has 0 atom stereocenters. The minimum atomic E-state index is 0.0496. The van der Waals surface area contributed by atoms with Gasteiger partial charge in [0.2, 0.25) is 5.91 Å². The highest BCUT2D eigenvalue weighted by atomic mass is 16.1. The molecule has 0 bridgehead atoms. The van der Waals surface area contributed by atoms with Gasteiger partial charge in [0.1, 0.15) is 0 Å². The fraction of sp³-hybridized carbons (Fsp3) is 0.917. The Hall–Kier alpha value is -0.650. The molecule has 0 radical (unpaired) electrons. The van der Waals surface area contributed by atoms with Gasteiger partial charge in [0.05, 0.1) is 0 Å². The molecule has 0 rings (SSSR count). The van der Waals surface area contributed by atoms with E-state index >= 15 is 0 Å². The summed E-state index contributed by atoms with van der Waals surface area (Å²) < 4.78 is 0. The standard InChI is InChI=1S/C12H28N4O/c1-12(17)16-11-5-10-15-8-3-2-7-14-9-4-6-13/h14-15H,2-11,13H2,1H3,(H,16,17). The number of nitrogens with two attached hydrogens (primary N) is 1. The van der Waals surface area contributed by atoms with Gasteiger partial charge in [-0.1, -0.05) is 0 Å². The SMILES string of the molecule is CC(=O)NCCCNCCCCNCCCN. The average Bonchev–Trinajstić information content (AvgIpc) is 2.30. The van der Waals surface area contributed by atoms with Crippen LogP contribution in [0.5, 0.6) is 0 Å². The monoisotopic (exact) mass is 244 g/mol. The summed E-state index contributed by atoms with van der Waals surface area (Å²) in [7, 11) is 0. The van der Waals surface area contributed by atoms with Crippen molar-refractivity contribution in [3.63, 3.8) is 0 Å². The lowest BCUT2D eigenvalue weighted by atomic mass is 10.3. The fourth-order valence-corrected chi connectivity index (χ4v) is 1.45. The number of carbonyl (C=O) groups is 1. The van der Waals surface area contributed by atoms with E-state index < -0.39 is 0 Å². The largest absolute Gasteiger partial charge is 0.356 e. The summed E-state index contributed by atoms with van der Waals surface area (Å²) in [5.41, 5.74) is 5.39. The van der Waals surface area contributed by atoms with E-state index in [2.05, 4.69) is 16.0 Å². The molecule has 5 heteroatoms. The third kappa shape index (κ3) is 15.4. The first-order valence-electron chi connectivity index (χ1n) is 6.63. The second-order valence-corrected chi connectivity index (χ2v) is 4.19. The van der Waals surface area contributed by atoms with Gasteiger partial charge in [-0.3, -0.25) is 4.79 Å². The second-order valence-electron chi connectivity index (χ2n) is 4.19. The minimum Gasteiger partial charge on any atom is -0.356 e. The van der Waals surface area contributed by atoms with Crippen molar-refractivity contribution in [3.8, 4) is 0 Å². The van der Waals surface area contributed by atoms with Crippen molar-refractivity contribution >= 4 is 5.91 Å². The number of hydrogen-bond acceptors (Lipinski definition) is 4. The lowest BCUT2D eigenvalue weighted by Crippen LogP contribution is -2.26. The molecule has 0 aliphatic rings. The molecule has 0 unspecified atom stereocenters. The molecular formula is C12H28N4O. The van der Waals surface area contributed by atoms with Crippen molar-refractivity contribution in [2.45, 2.75) is 32.6 Å². The van der Waals surface area contributed by atoms with E-state index in [-0.39, 0.29) is 5.91 Å². The smallest absolute Gasteiger partial charge is 0.216 e.